The third-order valence-corrected chi connectivity index (χ3v) is 7.76. The number of hydrogen-bond donors (Lipinski definition) is 0. The van der Waals surface area contributed by atoms with E-state index in [0.717, 1.165) is 0 Å². The van der Waals surface area contributed by atoms with Crippen molar-refractivity contribution >= 4 is 54.1 Å². The first kappa shape index (κ1) is 20.3. The van der Waals surface area contributed by atoms with Crippen LogP contribution in [0.4, 0.5) is 0 Å². The molecule has 0 radical (unpaired) electrons. The van der Waals surface area contributed by atoms with Gasteiger partial charge in [-0.3, -0.25) is 0 Å². The predicted molar refractivity (Wildman–Crippen MR) is 159 cm³/mol. The Hall–Kier alpha value is -4.88. The smallest absolute Gasteiger partial charge is 0.0626 e. The second-order valence-electron chi connectivity index (χ2n) is 9.71. The molecule has 0 fully saturated rings. The fraction of sp³-hybridized carbons (Fsp3) is 0. The van der Waals surface area contributed by atoms with Gasteiger partial charge in [0.25, 0.3) is 0 Å². The first-order chi connectivity index (χ1) is 18.4. The fourth-order valence-electron chi connectivity index (χ4n) is 6.22. The van der Waals surface area contributed by atoms with E-state index in [9.17, 15) is 0 Å². The summed E-state index contributed by atoms with van der Waals surface area (Å²) in [4.78, 5) is 0. The lowest BCUT2D eigenvalue weighted by Crippen LogP contribution is -1.98. The number of benzene rings is 7. The molecule has 37 heavy (non-hydrogen) atoms. The maximum absolute atomic E-state index is 2.50. The van der Waals surface area contributed by atoms with E-state index in [1.54, 1.807) is 0 Å². The molecule has 172 valence electrons. The van der Waals surface area contributed by atoms with Crippen molar-refractivity contribution in [2.75, 3.05) is 0 Å². The molecule has 0 saturated carbocycles. The van der Waals surface area contributed by atoms with Crippen LogP contribution in [0.3, 0.4) is 0 Å². The molecule has 0 unspecified atom stereocenters. The fourth-order valence-corrected chi connectivity index (χ4v) is 6.22. The van der Waals surface area contributed by atoms with Crippen molar-refractivity contribution in [2.45, 2.75) is 0 Å². The molecule has 7 aromatic carbocycles. The van der Waals surface area contributed by atoms with E-state index in [2.05, 4.69) is 144 Å². The molecule has 0 saturated heterocycles. The van der Waals surface area contributed by atoms with Gasteiger partial charge in [0.15, 0.2) is 0 Å². The zero-order valence-electron chi connectivity index (χ0n) is 20.2. The molecule has 0 aliphatic rings. The average Bonchev–Trinajstić information content (AvgIpc) is 3.33. The van der Waals surface area contributed by atoms with Crippen molar-refractivity contribution in [3.8, 4) is 16.8 Å². The molecule has 1 nitrogen and oxygen atoms in total. The molecule has 8 aromatic rings. The third kappa shape index (κ3) is 2.86. The van der Waals surface area contributed by atoms with Crippen LogP contribution in [0.2, 0.25) is 0 Å². The molecule has 0 spiro atoms. The van der Waals surface area contributed by atoms with Crippen LogP contribution in [0.25, 0.3) is 70.9 Å². The molecular weight excluding hydrogens is 446 g/mol. The molecule has 1 heterocycles. The second-order valence-corrected chi connectivity index (χ2v) is 9.71. The van der Waals surface area contributed by atoms with Crippen LogP contribution in [0, 0.1) is 0 Å². The Morgan fingerprint density at radius 3 is 1.89 bits per heavy atom. The topological polar surface area (TPSA) is 4.93 Å². The van der Waals surface area contributed by atoms with E-state index in [1.807, 2.05) is 0 Å². The minimum absolute atomic E-state index is 1.20. The Kier molecular flexibility index (Phi) is 4.29. The predicted octanol–water partition coefficient (Wildman–Crippen LogP) is 9.91. The quantitative estimate of drug-likeness (QED) is 0.222. The zero-order valence-corrected chi connectivity index (χ0v) is 20.2. The molecule has 0 aliphatic heterocycles. The third-order valence-electron chi connectivity index (χ3n) is 7.76. The van der Waals surface area contributed by atoms with Crippen molar-refractivity contribution in [1.29, 1.82) is 0 Å². The normalized spacial score (nSPS) is 11.8. The van der Waals surface area contributed by atoms with Gasteiger partial charge in [-0.2, -0.15) is 0 Å². The largest absolute Gasteiger partial charge is 0.308 e. The molecule has 1 heteroatoms. The Morgan fingerprint density at radius 2 is 1.03 bits per heavy atom. The van der Waals surface area contributed by atoms with Crippen LogP contribution in [0.5, 0.6) is 0 Å². The molecule has 0 bridgehead atoms. The van der Waals surface area contributed by atoms with Crippen LogP contribution < -0.4 is 0 Å². The Morgan fingerprint density at radius 1 is 0.378 bits per heavy atom. The number of hydrogen-bond acceptors (Lipinski definition) is 0. The van der Waals surface area contributed by atoms with Gasteiger partial charge in [-0.15, -0.1) is 0 Å². The number of nitrogens with zero attached hydrogens (tertiary/aromatic N) is 1. The van der Waals surface area contributed by atoms with Gasteiger partial charge in [-0.25, -0.2) is 0 Å². The molecule has 0 amide bonds. The standard InChI is InChI=1S/C36H23N/c1-2-12-24(13-3-1)26-15-8-10-20-32(26)37-33-21-11-9-19-31(33)35-34-27-16-5-4-14-25(27)22-23-29(34)28-17-6-7-18-30(28)36(35)37/h1-23H. The summed E-state index contributed by atoms with van der Waals surface area (Å²) in [6.45, 7) is 0. The van der Waals surface area contributed by atoms with Crippen LogP contribution in [-0.4, -0.2) is 4.57 Å². The average molecular weight is 470 g/mol. The van der Waals surface area contributed by atoms with E-state index in [1.165, 1.54) is 70.9 Å². The van der Waals surface area contributed by atoms with Crippen LogP contribution in [-0.2, 0) is 0 Å². The monoisotopic (exact) mass is 469 g/mol. The Bertz CT molecular complexity index is 2130. The number of para-hydroxylation sites is 2. The summed E-state index contributed by atoms with van der Waals surface area (Å²) in [5.74, 6) is 0. The van der Waals surface area contributed by atoms with Gasteiger partial charge >= 0.3 is 0 Å². The highest BCUT2D eigenvalue weighted by Gasteiger charge is 2.21. The summed E-state index contributed by atoms with van der Waals surface area (Å²) in [6, 6.07) is 50.6. The zero-order chi connectivity index (χ0) is 24.3. The summed E-state index contributed by atoms with van der Waals surface area (Å²) in [5.41, 5.74) is 6.15. The van der Waals surface area contributed by atoms with E-state index >= 15 is 0 Å². The number of fused-ring (bicyclic) bond motifs is 10. The highest BCUT2D eigenvalue weighted by atomic mass is 15.0. The van der Waals surface area contributed by atoms with Crippen LogP contribution in [0.15, 0.2) is 140 Å². The first-order valence-electron chi connectivity index (χ1n) is 12.8. The van der Waals surface area contributed by atoms with Crippen molar-refractivity contribution in [3.63, 3.8) is 0 Å². The summed E-state index contributed by atoms with van der Waals surface area (Å²) < 4.78 is 2.50. The molecule has 8 rings (SSSR count). The minimum Gasteiger partial charge on any atom is -0.308 e. The maximum Gasteiger partial charge on any atom is 0.0626 e. The lowest BCUT2D eigenvalue weighted by atomic mass is 9.93. The van der Waals surface area contributed by atoms with Gasteiger partial charge in [0.1, 0.15) is 0 Å². The van der Waals surface area contributed by atoms with E-state index in [0.29, 0.717) is 0 Å². The lowest BCUT2D eigenvalue weighted by Gasteiger charge is -2.16. The lowest BCUT2D eigenvalue weighted by molar-refractivity contribution is 1.19. The van der Waals surface area contributed by atoms with Gasteiger partial charge < -0.3 is 4.57 Å². The SMILES string of the molecule is c1ccc(-c2ccccc2-n2c3ccccc3c3c4c5ccccc5ccc4c4ccccc4c32)cc1. The minimum atomic E-state index is 1.20. The number of rotatable bonds is 2. The Labute approximate surface area is 214 Å². The molecule has 0 N–H and O–H groups in total. The van der Waals surface area contributed by atoms with Crippen LogP contribution >= 0.6 is 0 Å². The highest BCUT2D eigenvalue weighted by molar-refractivity contribution is 6.36. The van der Waals surface area contributed by atoms with Crippen molar-refractivity contribution in [1.82, 2.24) is 4.57 Å². The Balaban J connectivity index is 1.68. The summed E-state index contributed by atoms with van der Waals surface area (Å²) in [5, 5.41) is 10.4. The molecular formula is C36H23N. The van der Waals surface area contributed by atoms with E-state index in [-0.39, 0.29) is 0 Å². The van der Waals surface area contributed by atoms with Crippen molar-refractivity contribution in [3.05, 3.63) is 140 Å². The van der Waals surface area contributed by atoms with Gasteiger partial charge in [0.05, 0.1) is 16.7 Å². The second kappa shape index (κ2) is 7.81. The van der Waals surface area contributed by atoms with Gasteiger partial charge in [0, 0.05) is 27.1 Å². The highest BCUT2D eigenvalue weighted by Crippen LogP contribution is 2.45. The van der Waals surface area contributed by atoms with E-state index in [4.69, 9.17) is 0 Å². The van der Waals surface area contributed by atoms with Crippen molar-refractivity contribution < 1.29 is 0 Å². The summed E-state index contributed by atoms with van der Waals surface area (Å²) in [7, 11) is 0. The van der Waals surface area contributed by atoms with Crippen LogP contribution in [0.1, 0.15) is 0 Å². The van der Waals surface area contributed by atoms with Gasteiger partial charge in [-0.05, 0) is 39.2 Å². The van der Waals surface area contributed by atoms with Gasteiger partial charge in [0.2, 0.25) is 0 Å². The number of aromatic nitrogens is 1. The summed E-state index contributed by atoms with van der Waals surface area (Å²) >= 11 is 0. The maximum atomic E-state index is 2.50. The van der Waals surface area contributed by atoms with Gasteiger partial charge in [-0.1, -0.05) is 127 Å². The van der Waals surface area contributed by atoms with Crippen molar-refractivity contribution in [2.24, 2.45) is 0 Å². The molecule has 0 atom stereocenters. The molecule has 1 aromatic heterocycles. The first-order valence-corrected chi connectivity index (χ1v) is 12.8. The molecule has 0 aliphatic carbocycles. The van der Waals surface area contributed by atoms with E-state index < -0.39 is 0 Å². The summed E-state index contributed by atoms with van der Waals surface area (Å²) in [6.07, 6.45) is 0.